The van der Waals surface area contributed by atoms with Crippen LogP contribution in [0.15, 0.2) is 30.3 Å². The summed E-state index contributed by atoms with van der Waals surface area (Å²) in [7, 11) is 0. The lowest BCUT2D eigenvalue weighted by atomic mass is 9.78. The Bertz CT molecular complexity index is 888. The highest BCUT2D eigenvalue weighted by atomic mass is 16.5. The van der Waals surface area contributed by atoms with Crippen LogP contribution in [0.4, 0.5) is 0 Å². The number of piperidine rings is 1. The number of hydrogen-bond acceptors (Lipinski definition) is 4. The van der Waals surface area contributed by atoms with E-state index in [2.05, 4.69) is 5.10 Å². The van der Waals surface area contributed by atoms with Crippen LogP contribution in [0.1, 0.15) is 60.3 Å². The summed E-state index contributed by atoms with van der Waals surface area (Å²) in [6, 6.07) is 10.0. The minimum Gasteiger partial charge on any atom is -0.452 e. The van der Waals surface area contributed by atoms with Crippen LogP contribution in [-0.4, -0.2) is 45.8 Å². The largest absolute Gasteiger partial charge is 0.452 e. The molecule has 2 atom stereocenters. The van der Waals surface area contributed by atoms with E-state index in [1.807, 2.05) is 42.2 Å². The highest BCUT2D eigenvalue weighted by Crippen LogP contribution is 2.35. The molecule has 154 valence electrons. The van der Waals surface area contributed by atoms with Gasteiger partial charge in [-0.2, -0.15) is 5.10 Å². The zero-order valence-electron chi connectivity index (χ0n) is 17.3. The second-order valence-electron chi connectivity index (χ2n) is 8.21. The number of carbonyl (C=O) groups excluding carboxylic acids is 2. The Morgan fingerprint density at radius 1 is 1.07 bits per heavy atom. The standard InChI is InChI=1S/C23H29N3O3/c1-16-22(17(2)26(24-16)19-11-4-3-5-12-19)23(28)29-15-21(27)25-14-8-10-18-9-6-7-13-20(18)25/h3-5,11-12,18,20H,6-10,13-15H2,1-2H3/t18-,20-/m1/s1. The maximum absolute atomic E-state index is 12.8. The minimum atomic E-state index is -0.479. The van der Waals surface area contributed by atoms with E-state index < -0.39 is 5.97 Å². The molecule has 2 fully saturated rings. The van der Waals surface area contributed by atoms with Gasteiger partial charge in [-0.05, 0) is 57.6 Å². The number of aryl methyl sites for hydroxylation is 1. The number of esters is 1. The Kier molecular flexibility index (Phi) is 5.69. The Balaban J connectivity index is 1.43. The Morgan fingerprint density at radius 3 is 2.59 bits per heavy atom. The number of benzene rings is 1. The van der Waals surface area contributed by atoms with Gasteiger partial charge in [0.2, 0.25) is 0 Å². The third-order valence-corrected chi connectivity index (χ3v) is 6.39. The number of carbonyl (C=O) groups is 2. The van der Waals surface area contributed by atoms with E-state index in [1.54, 1.807) is 11.6 Å². The quantitative estimate of drug-likeness (QED) is 0.738. The summed E-state index contributed by atoms with van der Waals surface area (Å²) in [5.41, 5.74) is 2.65. The second-order valence-corrected chi connectivity index (χ2v) is 8.21. The molecule has 29 heavy (non-hydrogen) atoms. The van der Waals surface area contributed by atoms with E-state index in [4.69, 9.17) is 4.74 Å². The van der Waals surface area contributed by atoms with Gasteiger partial charge in [0.15, 0.2) is 6.61 Å². The number of amides is 1. The van der Waals surface area contributed by atoms with Gasteiger partial charge >= 0.3 is 5.97 Å². The van der Waals surface area contributed by atoms with E-state index in [9.17, 15) is 9.59 Å². The highest BCUT2D eigenvalue weighted by Gasteiger charge is 2.36. The topological polar surface area (TPSA) is 64.4 Å². The highest BCUT2D eigenvalue weighted by molar-refractivity contribution is 5.93. The lowest BCUT2D eigenvalue weighted by Crippen LogP contribution is -2.50. The van der Waals surface area contributed by atoms with Gasteiger partial charge in [0, 0.05) is 12.6 Å². The van der Waals surface area contributed by atoms with Crippen LogP contribution in [0.5, 0.6) is 0 Å². The summed E-state index contributed by atoms with van der Waals surface area (Å²) in [6.45, 7) is 4.23. The van der Waals surface area contributed by atoms with E-state index in [0.717, 1.165) is 30.8 Å². The first-order valence-electron chi connectivity index (χ1n) is 10.6. The van der Waals surface area contributed by atoms with Crippen LogP contribution >= 0.6 is 0 Å². The molecule has 1 aliphatic carbocycles. The van der Waals surface area contributed by atoms with Crippen LogP contribution < -0.4 is 0 Å². The molecule has 2 heterocycles. The molecule has 0 bridgehead atoms. The summed E-state index contributed by atoms with van der Waals surface area (Å²) < 4.78 is 7.19. The lowest BCUT2D eigenvalue weighted by Gasteiger charge is -2.44. The molecule has 1 saturated carbocycles. The molecular weight excluding hydrogens is 366 g/mol. The molecule has 0 N–H and O–H groups in total. The molecule has 0 unspecified atom stereocenters. The van der Waals surface area contributed by atoms with Crippen molar-refractivity contribution in [1.82, 2.24) is 14.7 Å². The molecule has 1 amide bonds. The maximum atomic E-state index is 12.8. The van der Waals surface area contributed by atoms with Crippen LogP contribution in [-0.2, 0) is 9.53 Å². The zero-order chi connectivity index (χ0) is 20.4. The van der Waals surface area contributed by atoms with Gasteiger partial charge in [0.25, 0.3) is 5.91 Å². The molecule has 1 aliphatic heterocycles. The van der Waals surface area contributed by atoms with E-state index in [-0.39, 0.29) is 12.5 Å². The fourth-order valence-corrected chi connectivity index (χ4v) is 4.98. The van der Waals surface area contributed by atoms with Crippen molar-refractivity contribution in [3.8, 4) is 5.69 Å². The Morgan fingerprint density at radius 2 is 1.79 bits per heavy atom. The van der Waals surface area contributed by atoms with Crippen molar-refractivity contribution >= 4 is 11.9 Å². The van der Waals surface area contributed by atoms with E-state index in [1.165, 1.54) is 25.7 Å². The first-order chi connectivity index (χ1) is 14.1. The molecule has 2 aliphatic rings. The molecule has 6 nitrogen and oxygen atoms in total. The first-order valence-corrected chi connectivity index (χ1v) is 10.6. The number of rotatable bonds is 4. The van der Waals surface area contributed by atoms with Crippen molar-refractivity contribution in [1.29, 1.82) is 0 Å². The van der Waals surface area contributed by atoms with Crippen molar-refractivity contribution in [2.75, 3.05) is 13.2 Å². The van der Waals surface area contributed by atoms with Crippen molar-refractivity contribution in [3.63, 3.8) is 0 Å². The van der Waals surface area contributed by atoms with E-state index in [0.29, 0.717) is 23.2 Å². The van der Waals surface area contributed by atoms with E-state index >= 15 is 0 Å². The average Bonchev–Trinajstić information content (AvgIpc) is 3.06. The molecule has 6 heteroatoms. The van der Waals surface area contributed by atoms with Gasteiger partial charge in [0.05, 0.1) is 17.1 Å². The molecule has 4 rings (SSSR count). The molecular formula is C23H29N3O3. The molecule has 1 saturated heterocycles. The summed E-state index contributed by atoms with van der Waals surface area (Å²) in [6.07, 6.45) is 7.00. The minimum absolute atomic E-state index is 0.0688. The van der Waals surface area contributed by atoms with Crippen molar-refractivity contribution in [3.05, 3.63) is 47.3 Å². The zero-order valence-corrected chi connectivity index (χ0v) is 17.3. The average molecular weight is 396 g/mol. The number of para-hydroxylation sites is 1. The van der Waals surface area contributed by atoms with Gasteiger partial charge in [-0.3, -0.25) is 4.79 Å². The monoisotopic (exact) mass is 395 g/mol. The van der Waals surface area contributed by atoms with Crippen LogP contribution in [0.2, 0.25) is 0 Å². The summed E-state index contributed by atoms with van der Waals surface area (Å²) >= 11 is 0. The predicted octanol–water partition coefficient (Wildman–Crippen LogP) is 3.83. The summed E-state index contributed by atoms with van der Waals surface area (Å²) in [4.78, 5) is 27.5. The lowest BCUT2D eigenvalue weighted by molar-refractivity contribution is -0.140. The number of ether oxygens (including phenoxy) is 1. The number of aromatic nitrogens is 2. The Labute approximate surface area is 171 Å². The van der Waals surface area contributed by atoms with Crippen molar-refractivity contribution in [2.24, 2.45) is 5.92 Å². The predicted molar refractivity (Wildman–Crippen MR) is 110 cm³/mol. The van der Waals surface area contributed by atoms with Crippen molar-refractivity contribution in [2.45, 2.75) is 58.4 Å². The van der Waals surface area contributed by atoms with Gasteiger partial charge in [0.1, 0.15) is 5.56 Å². The normalized spacial score (nSPS) is 21.5. The van der Waals surface area contributed by atoms with Crippen molar-refractivity contribution < 1.29 is 14.3 Å². The fraction of sp³-hybridized carbons (Fsp3) is 0.522. The van der Waals surface area contributed by atoms with Crippen LogP contribution in [0.25, 0.3) is 5.69 Å². The molecule has 0 radical (unpaired) electrons. The number of likely N-dealkylation sites (tertiary alicyclic amines) is 1. The molecule has 1 aromatic heterocycles. The van der Waals surface area contributed by atoms with Crippen LogP contribution in [0, 0.1) is 19.8 Å². The maximum Gasteiger partial charge on any atom is 0.342 e. The third-order valence-electron chi connectivity index (χ3n) is 6.39. The first kappa shape index (κ1) is 19.7. The molecule has 2 aromatic rings. The third kappa shape index (κ3) is 3.93. The number of hydrogen-bond donors (Lipinski definition) is 0. The number of fused-ring (bicyclic) bond motifs is 1. The van der Waals surface area contributed by atoms with Gasteiger partial charge < -0.3 is 9.64 Å². The van der Waals surface area contributed by atoms with Gasteiger partial charge in [-0.25, -0.2) is 9.48 Å². The molecule has 1 aromatic carbocycles. The van der Waals surface area contributed by atoms with Gasteiger partial charge in [-0.1, -0.05) is 31.0 Å². The molecule has 0 spiro atoms. The SMILES string of the molecule is Cc1nn(-c2ccccc2)c(C)c1C(=O)OCC(=O)N1CCC[C@H]2CCCC[C@H]21. The fourth-order valence-electron chi connectivity index (χ4n) is 4.98. The smallest absolute Gasteiger partial charge is 0.342 e. The van der Waals surface area contributed by atoms with Gasteiger partial charge in [-0.15, -0.1) is 0 Å². The van der Waals surface area contributed by atoms with Crippen LogP contribution in [0.3, 0.4) is 0 Å². The Hall–Kier alpha value is -2.63. The summed E-state index contributed by atoms with van der Waals surface area (Å²) in [5.74, 6) is 0.0687. The second kappa shape index (κ2) is 8.39. The number of nitrogens with zero attached hydrogens (tertiary/aromatic N) is 3. The summed E-state index contributed by atoms with van der Waals surface area (Å²) in [5, 5.41) is 4.49.